The van der Waals surface area contributed by atoms with Crippen LogP contribution in [-0.2, 0) is 0 Å². The van der Waals surface area contributed by atoms with Gasteiger partial charge in [-0.25, -0.2) is 0 Å². The predicted octanol–water partition coefficient (Wildman–Crippen LogP) is -1.38. The van der Waals surface area contributed by atoms with Crippen LogP contribution in [0.15, 0.2) is 0 Å². The Morgan fingerprint density at radius 3 is 1.80 bits per heavy atom. The quantitative estimate of drug-likeness (QED) is 0.245. The first-order valence-electron chi connectivity index (χ1n) is 5.25. The third kappa shape index (κ3) is 86.9. The van der Waals surface area contributed by atoms with Gasteiger partial charge in [-0.1, -0.05) is 0 Å². The van der Waals surface area contributed by atoms with Crippen LogP contribution in [-0.4, -0.2) is 0 Å². The summed E-state index contributed by atoms with van der Waals surface area (Å²) in [5.74, 6) is -1.35. The van der Waals surface area contributed by atoms with E-state index in [1.807, 2.05) is 0 Å². The van der Waals surface area contributed by atoms with E-state index in [2.05, 4.69) is 0 Å². The summed E-state index contributed by atoms with van der Waals surface area (Å²) in [7, 11) is 0. The van der Waals surface area contributed by atoms with E-state index < -0.39 is 26.5 Å². The third-order valence-electron chi connectivity index (χ3n) is 0. The monoisotopic (exact) mass is 73.1 g/mol. The van der Waals surface area contributed by atoms with E-state index in [9.17, 15) is 0 Å². The molecule has 0 atom stereocenters. The zero-order chi connectivity index (χ0) is 11.1. The molecular weight excluding hydrogens is 55.0 g/mol. The molecule has 26 valence electrons. The fourth-order valence-corrected chi connectivity index (χ4v) is 0. The summed E-state index contributed by atoms with van der Waals surface area (Å²) < 4.78 is 61.0. The topological polar surface area (TPSA) is 0 Å². The van der Waals surface area contributed by atoms with Crippen LogP contribution >= 0.6 is 0 Å². The average molecular weight is 73.1 g/mol. The summed E-state index contributed by atoms with van der Waals surface area (Å²) in [6, 6.07) is 0. The van der Waals surface area contributed by atoms with Crippen molar-refractivity contribution in [2.24, 2.45) is 0 Å². The van der Waals surface area contributed by atoms with Crippen molar-refractivity contribution in [3.05, 3.63) is 5.92 Å². The summed E-state index contributed by atoms with van der Waals surface area (Å²) >= 11 is 0. The zero-order valence-corrected chi connectivity index (χ0v) is 3.00. The minimum Gasteiger partial charge on any atom is -0.323 e. The molecular formula is C4H9Li. The summed E-state index contributed by atoms with van der Waals surface area (Å²) in [4.78, 5) is 0. The maximum absolute atomic E-state index is 6.78. The average Bonchev–Trinajstić information content (AvgIpc) is 1.44. The van der Waals surface area contributed by atoms with Crippen molar-refractivity contribution in [3.8, 4) is 0 Å². The molecule has 0 aromatic rings. The first-order chi connectivity index (χ1) is 5.37. The van der Waals surface area contributed by atoms with Crippen LogP contribution in [0.3, 0.4) is 0 Å². The number of hydrogen-bond donors (Lipinski definition) is 0. The number of rotatable bonds is 0. The van der Waals surface area contributed by atoms with Gasteiger partial charge in [0.05, 0.1) is 0 Å². The van der Waals surface area contributed by atoms with Gasteiger partial charge in [0.2, 0.25) is 0 Å². The van der Waals surface area contributed by atoms with Crippen molar-refractivity contribution in [1.82, 2.24) is 0 Å². The van der Waals surface area contributed by atoms with Crippen LogP contribution in [0, 0.1) is 5.92 Å². The van der Waals surface area contributed by atoms with Gasteiger partial charge < -0.3 is 5.92 Å². The van der Waals surface area contributed by atoms with E-state index >= 15 is 0 Å². The minimum absolute atomic E-state index is 0. The van der Waals surface area contributed by atoms with Gasteiger partial charge in [-0.05, 0) is 12.3 Å². The largest absolute Gasteiger partial charge is 1.00 e. The van der Waals surface area contributed by atoms with Crippen LogP contribution in [0.1, 0.15) is 32.9 Å². The molecule has 5 heavy (non-hydrogen) atoms. The van der Waals surface area contributed by atoms with Gasteiger partial charge in [0.25, 0.3) is 0 Å². The summed E-state index contributed by atoms with van der Waals surface area (Å²) in [5, 5.41) is 0. The van der Waals surface area contributed by atoms with Gasteiger partial charge in [0.1, 0.15) is 0 Å². The third-order valence-corrected chi connectivity index (χ3v) is 0. The molecule has 1 heteroatoms. The normalized spacial score (nSPS) is 41.4. The molecule has 0 saturated carbocycles. The molecule has 0 unspecified atom stereocenters. The van der Waals surface area contributed by atoms with E-state index in [1.54, 1.807) is 0 Å². The van der Waals surface area contributed by atoms with Crippen LogP contribution in [0.5, 0.6) is 0 Å². The smallest absolute Gasteiger partial charge is 0.323 e. The van der Waals surface area contributed by atoms with Crippen molar-refractivity contribution in [3.63, 3.8) is 0 Å². The Labute approximate surface area is 58.8 Å². The molecule has 0 aliphatic rings. The SMILES string of the molecule is [2H]C([2H])([2H])[C-](C([2H])([2H])[2H])C([2H])([2H])[2H].[Li+]. The van der Waals surface area contributed by atoms with Crippen LogP contribution in [0.25, 0.3) is 0 Å². The number of hydrogen-bond acceptors (Lipinski definition) is 0. The zero-order valence-electron chi connectivity index (χ0n) is 12.0. The molecule has 0 aliphatic heterocycles. The minimum atomic E-state index is -3.07. The van der Waals surface area contributed by atoms with Gasteiger partial charge in [-0.15, -0.1) is 0 Å². The summed E-state index contributed by atoms with van der Waals surface area (Å²) in [6.45, 7) is -9.22. The molecule has 0 radical (unpaired) electrons. The van der Waals surface area contributed by atoms with E-state index in [4.69, 9.17) is 12.3 Å². The molecule has 0 heterocycles. The maximum Gasteiger partial charge on any atom is 1.00 e. The molecule has 0 nitrogen and oxygen atoms in total. The van der Waals surface area contributed by atoms with Crippen molar-refractivity contribution in [2.45, 2.75) is 20.6 Å². The molecule has 0 aliphatic carbocycles. The van der Waals surface area contributed by atoms with Crippen LogP contribution < -0.4 is 18.9 Å². The molecule has 0 aromatic heterocycles. The molecule has 0 amide bonds. The second-order valence-electron chi connectivity index (χ2n) is 0.375. The first kappa shape index (κ1) is 0.746. The fourth-order valence-electron chi connectivity index (χ4n) is 0. The Kier molecular flexibility index (Phi) is 0.685. The molecule has 0 N–H and O–H groups in total. The Hall–Kier alpha value is 0.597. The van der Waals surface area contributed by atoms with Crippen LogP contribution in [0.2, 0.25) is 0 Å². The Morgan fingerprint density at radius 1 is 1.40 bits per heavy atom. The van der Waals surface area contributed by atoms with Crippen molar-refractivity contribution in [1.29, 1.82) is 0 Å². The van der Waals surface area contributed by atoms with Gasteiger partial charge in [-0.2, -0.15) is 20.6 Å². The van der Waals surface area contributed by atoms with E-state index in [-0.39, 0.29) is 18.9 Å². The van der Waals surface area contributed by atoms with Gasteiger partial charge in [0.15, 0.2) is 0 Å². The predicted molar refractivity (Wildman–Crippen MR) is 20.3 cm³/mol. The Bertz CT molecular complexity index is 139. The fraction of sp³-hybridized carbons (Fsp3) is 0.750. The Balaban J connectivity index is 0. The summed E-state index contributed by atoms with van der Waals surface area (Å²) in [5.41, 5.74) is 0. The van der Waals surface area contributed by atoms with E-state index in [1.165, 1.54) is 0 Å². The maximum atomic E-state index is 6.78. The second-order valence-corrected chi connectivity index (χ2v) is 0.375. The molecule has 0 rings (SSSR count). The summed E-state index contributed by atoms with van der Waals surface area (Å²) in [6.07, 6.45) is 0. The van der Waals surface area contributed by atoms with Crippen LogP contribution in [0.4, 0.5) is 0 Å². The molecule has 0 fully saturated rings. The standard InChI is InChI=1S/C4H9.Li/c1-4(2)3;/h1-3H3;/q-1;+1/i1D3,2D3,3D3;. The van der Waals surface area contributed by atoms with E-state index in [0.29, 0.717) is 0 Å². The Morgan fingerprint density at radius 2 is 1.80 bits per heavy atom. The second kappa shape index (κ2) is 4.60. The van der Waals surface area contributed by atoms with Gasteiger partial charge in [-0.3, -0.25) is 0 Å². The van der Waals surface area contributed by atoms with Gasteiger partial charge in [0, 0.05) is 0 Å². The van der Waals surface area contributed by atoms with Crippen molar-refractivity contribution >= 4 is 0 Å². The molecule has 0 spiro atoms. The first-order valence-corrected chi connectivity index (χ1v) is 0.750. The van der Waals surface area contributed by atoms with E-state index in [0.717, 1.165) is 0 Å². The van der Waals surface area contributed by atoms with Crippen molar-refractivity contribution in [2.75, 3.05) is 0 Å². The van der Waals surface area contributed by atoms with Crippen molar-refractivity contribution < 1.29 is 31.2 Å². The van der Waals surface area contributed by atoms with Gasteiger partial charge >= 0.3 is 18.9 Å². The molecule has 0 bridgehead atoms. The molecule has 0 aromatic carbocycles. The molecule has 0 saturated heterocycles.